The summed E-state index contributed by atoms with van der Waals surface area (Å²) in [5.41, 5.74) is 6.89. The van der Waals surface area contributed by atoms with Crippen molar-refractivity contribution >= 4 is 5.69 Å². The summed E-state index contributed by atoms with van der Waals surface area (Å²) in [6.45, 7) is 1.63. The van der Waals surface area contributed by atoms with Crippen LogP contribution in [0.1, 0.15) is 18.4 Å². The Bertz CT molecular complexity index is 334. The number of hydrogen-bond acceptors (Lipinski definition) is 2. The van der Waals surface area contributed by atoms with Crippen LogP contribution in [0.5, 0.6) is 0 Å². The predicted molar refractivity (Wildman–Crippen MR) is 58.1 cm³/mol. The number of benzene rings is 1. The first-order valence-corrected chi connectivity index (χ1v) is 5.38. The monoisotopic (exact) mass is 209 g/mol. The van der Waals surface area contributed by atoms with Crippen molar-refractivity contribution in [3.05, 3.63) is 29.6 Å². The fourth-order valence-corrected chi connectivity index (χ4v) is 2.04. The Morgan fingerprint density at radius 3 is 3.07 bits per heavy atom. The molecule has 1 heterocycles. The van der Waals surface area contributed by atoms with E-state index in [1.54, 1.807) is 6.07 Å². The molecule has 0 amide bonds. The van der Waals surface area contributed by atoms with Gasteiger partial charge in [0.1, 0.15) is 5.82 Å². The molecule has 82 valence electrons. The van der Waals surface area contributed by atoms with Crippen molar-refractivity contribution < 1.29 is 9.13 Å². The largest absolute Gasteiger partial charge is 0.396 e. The zero-order chi connectivity index (χ0) is 10.7. The van der Waals surface area contributed by atoms with Crippen molar-refractivity contribution in [1.29, 1.82) is 0 Å². The number of nitrogens with two attached hydrogens (primary N) is 1. The molecule has 1 aromatic rings. The molecule has 1 aliphatic rings. The van der Waals surface area contributed by atoms with Gasteiger partial charge in [0.2, 0.25) is 0 Å². The minimum absolute atomic E-state index is 0.295. The Morgan fingerprint density at radius 2 is 2.33 bits per heavy atom. The van der Waals surface area contributed by atoms with Crippen molar-refractivity contribution in [3.63, 3.8) is 0 Å². The third-order valence-electron chi connectivity index (χ3n) is 2.91. The highest BCUT2D eigenvalue weighted by atomic mass is 19.1. The van der Waals surface area contributed by atoms with E-state index in [1.165, 1.54) is 6.07 Å². The van der Waals surface area contributed by atoms with Crippen LogP contribution >= 0.6 is 0 Å². The van der Waals surface area contributed by atoms with Crippen LogP contribution in [-0.2, 0) is 11.2 Å². The minimum Gasteiger partial charge on any atom is -0.396 e. The van der Waals surface area contributed by atoms with Crippen molar-refractivity contribution in [2.45, 2.75) is 19.3 Å². The van der Waals surface area contributed by atoms with E-state index in [-0.39, 0.29) is 5.82 Å². The molecule has 1 unspecified atom stereocenters. The van der Waals surface area contributed by atoms with Gasteiger partial charge in [0.25, 0.3) is 0 Å². The van der Waals surface area contributed by atoms with E-state index in [2.05, 4.69) is 0 Å². The van der Waals surface area contributed by atoms with E-state index in [4.69, 9.17) is 10.5 Å². The highest BCUT2D eigenvalue weighted by molar-refractivity contribution is 5.48. The molecular formula is C12H16FNO. The Hall–Kier alpha value is -1.09. The molecule has 1 saturated heterocycles. The predicted octanol–water partition coefficient (Wildman–Crippen LogP) is 2.38. The molecular weight excluding hydrogens is 193 g/mol. The van der Waals surface area contributed by atoms with Crippen LogP contribution < -0.4 is 5.73 Å². The van der Waals surface area contributed by atoms with Crippen molar-refractivity contribution in [2.75, 3.05) is 18.9 Å². The number of nitrogen functional groups attached to an aromatic ring is 1. The lowest BCUT2D eigenvalue weighted by molar-refractivity contribution is 0.0550. The van der Waals surface area contributed by atoms with Gasteiger partial charge in [-0.3, -0.25) is 0 Å². The van der Waals surface area contributed by atoms with Gasteiger partial charge in [-0.05, 0) is 36.8 Å². The molecule has 1 atom stereocenters. The molecule has 0 bridgehead atoms. The average molecular weight is 209 g/mol. The third kappa shape index (κ3) is 2.48. The summed E-state index contributed by atoms with van der Waals surface area (Å²) in [5, 5.41) is 0. The second-order valence-corrected chi connectivity index (χ2v) is 4.10. The Kier molecular flexibility index (Phi) is 3.21. The lowest BCUT2D eigenvalue weighted by Crippen LogP contribution is -2.19. The number of ether oxygens (including phenoxy) is 1. The first-order chi connectivity index (χ1) is 7.27. The first-order valence-electron chi connectivity index (χ1n) is 5.38. The van der Waals surface area contributed by atoms with Gasteiger partial charge < -0.3 is 10.5 Å². The molecule has 2 N–H and O–H groups in total. The molecule has 3 heteroatoms. The maximum atomic E-state index is 13.2. The molecule has 0 saturated carbocycles. The van der Waals surface area contributed by atoms with Crippen molar-refractivity contribution in [1.82, 2.24) is 0 Å². The lowest BCUT2D eigenvalue weighted by atomic mass is 9.93. The van der Waals surface area contributed by atoms with Gasteiger partial charge in [0.15, 0.2) is 0 Å². The quantitative estimate of drug-likeness (QED) is 0.759. The summed E-state index contributed by atoms with van der Waals surface area (Å²) in [6, 6.07) is 5.01. The van der Waals surface area contributed by atoms with Crippen molar-refractivity contribution in [2.24, 2.45) is 5.92 Å². The molecule has 0 spiro atoms. The summed E-state index contributed by atoms with van der Waals surface area (Å²) in [5.74, 6) is 0.173. The van der Waals surface area contributed by atoms with Crippen LogP contribution in [0, 0.1) is 11.7 Å². The normalized spacial score (nSPS) is 21.5. The van der Waals surface area contributed by atoms with Gasteiger partial charge in [0.05, 0.1) is 5.69 Å². The maximum absolute atomic E-state index is 13.2. The second kappa shape index (κ2) is 4.62. The summed E-state index contributed by atoms with van der Waals surface area (Å²) in [7, 11) is 0. The Labute approximate surface area is 89.2 Å². The lowest BCUT2D eigenvalue weighted by Gasteiger charge is -2.22. The van der Waals surface area contributed by atoms with Crippen molar-refractivity contribution in [3.8, 4) is 0 Å². The van der Waals surface area contributed by atoms with Gasteiger partial charge in [-0.15, -0.1) is 0 Å². The number of rotatable bonds is 2. The van der Waals surface area contributed by atoms with Crippen LogP contribution in [0.15, 0.2) is 18.2 Å². The number of anilines is 1. The van der Waals surface area contributed by atoms with Gasteiger partial charge in [-0.2, -0.15) is 0 Å². The SMILES string of the molecule is Nc1c(F)cccc1CC1CCCOC1. The number of para-hydroxylation sites is 1. The van der Waals surface area contributed by atoms with Crippen LogP contribution in [-0.4, -0.2) is 13.2 Å². The minimum atomic E-state index is -0.316. The second-order valence-electron chi connectivity index (χ2n) is 4.10. The molecule has 0 aromatic heterocycles. The van der Waals surface area contributed by atoms with Crippen LogP contribution in [0.25, 0.3) is 0 Å². The van der Waals surface area contributed by atoms with E-state index in [9.17, 15) is 4.39 Å². The highest BCUT2D eigenvalue weighted by Gasteiger charge is 2.16. The van der Waals surface area contributed by atoms with E-state index < -0.39 is 0 Å². The topological polar surface area (TPSA) is 35.2 Å². The fraction of sp³-hybridized carbons (Fsp3) is 0.500. The smallest absolute Gasteiger partial charge is 0.146 e. The standard InChI is InChI=1S/C12H16FNO/c13-11-5-1-4-10(12(11)14)7-9-3-2-6-15-8-9/h1,4-5,9H,2-3,6-8,14H2. The molecule has 2 rings (SSSR count). The molecule has 15 heavy (non-hydrogen) atoms. The number of halogens is 1. The molecule has 2 nitrogen and oxygen atoms in total. The van der Waals surface area contributed by atoms with Gasteiger partial charge in [-0.25, -0.2) is 4.39 Å². The number of hydrogen-bond donors (Lipinski definition) is 1. The van der Waals surface area contributed by atoms with E-state index in [0.717, 1.165) is 38.0 Å². The molecule has 0 radical (unpaired) electrons. The van der Waals surface area contributed by atoms with E-state index >= 15 is 0 Å². The average Bonchev–Trinajstić information content (AvgIpc) is 2.26. The molecule has 1 aliphatic heterocycles. The highest BCUT2D eigenvalue weighted by Crippen LogP contribution is 2.23. The first kappa shape index (κ1) is 10.4. The van der Waals surface area contributed by atoms with Gasteiger partial charge in [-0.1, -0.05) is 12.1 Å². The molecule has 0 aliphatic carbocycles. The summed E-state index contributed by atoms with van der Waals surface area (Å²) >= 11 is 0. The molecule has 1 aromatic carbocycles. The van der Waals surface area contributed by atoms with E-state index in [1.807, 2.05) is 6.07 Å². The fourth-order valence-electron chi connectivity index (χ4n) is 2.04. The van der Waals surface area contributed by atoms with Crippen LogP contribution in [0.3, 0.4) is 0 Å². The van der Waals surface area contributed by atoms with Crippen LogP contribution in [0.2, 0.25) is 0 Å². The third-order valence-corrected chi connectivity index (χ3v) is 2.91. The summed E-state index contributed by atoms with van der Waals surface area (Å²) in [4.78, 5) is 0. The Balaban J connectivity index is 2.06. The zero-order valence-corrected chi connectivity index (χ0v) is 8.71. The molecule has 1 fully saturated rings. The summed E-state index contributed by atoms with van der Waals surface area (Å²) in [6.07, 6.45) is 3.07. The maximum Gasteiger partial charge on any atom is 0.146 e. The zero-order valence-electron chi connectivity index (χ0n) is 8.71. The van der Waals surface area contributed by atoms with Gasteiger partial charge in [0, 0.05) is 13.2 Å². The summed E-state index contributed by atoms with van der Waals surface area (Å²) < 4.78 is 18.6. The van der Waals surface area contributed by atoms with Crippen LogP contribution in [0.4, 0.5) is 10.1 Å². The Morgan fingerprint density at radius 1 is 1.47 bits per heavy atom. The van der Waals surface area contributed by atoms with E-state index in [0.29, 0.717) is 11.6 Å². The van der Waals surface area contributed by atoms with Gasteiger partial charge >= 0.3 is 0 Å².